The lowest BCUT2D eigenvalue weighted by Gasteiger charge is -2.59. The molecule has 0 amide bonds. The van der Waals surface area contributed by atoms with Gasteiger partial charge in [0.15, 0.2) is 0 Å². The van der Waals surface area contributed by atoms with Crippen molar-refractivity contribution in [3.63, 3.8) is 0 Å². The number of hydrogen-bond donors (Lipinski definition) is 2. The SMILES string of the molecule is CC(O)COC(=O)C1CC2CC1C(C)C2C.CC1C(C)C2CC1C1C3CC(C(=O)OC(C)(C)C)C(C3)C21.CC1C(C)C2CC1C1C3CC(C(=O)OC4(C)C5CC6CC(C5)CC4C6)C(C3)C21.CC1C(C)C2CC1C1C3CC(C(=O)OC4CCCCO4)C(C3)C21.CC1C(C)C2CC1C1C3CC(C(=O)OC4CCOC4=O)C(C3)C21.CC1C(C)C2CC1C1C3CC(O)C(C3)C21. The van der Waals surface area contributed by atoms with Crippen LogP contribution in [0.15, 0.2) is 0 Å². The van der Waals surface area contributed by atoms with E-state index in [1.165, 1.54) is 103 Å². The highest BCUT2D eigenvalue weighted by molar-refractivity contribution is 5.82. The summed E-state index contributed by atoms with van der Waals surface area (Å²) >= 11 is 0. The summed E-state index contributed by atoms with van der Waals surface area (Å²) in [6, 6.07) is 0. The molecule has 28 rings (SSSR count). The fourth-order valence-electron chi connectivity index (χ4n) is 42.5. The average molecular weight is 1740 g/mol. The van der Waals surface area contributed by atoms with Crippen molar-refractivity contribution in [2.75, 3.05) is 19.8 Å². The van der Waals surface area contributed by atoms with E-state index in [-0.39, 0.29) is 95.6 Å². The number of aliphatic hydroxyl groups is 2. The first-order valence-corrected chi connectivity index (χ1v) is 54.3. The Hall–Kier alpha value is -3.30. The van der Waals surface area contributed by atoms with Crippen LogP contribution in [0.2, 0.25) is 0 Å². The Morgan fingerprint density at radius 2 is 0.722 bits per heavy atom. The van der Waals surface area contributed by atoms with Crippen molar-refractivity contribution < 1.29 is 72.1 Å². The van der Waals surface area contributed by atoms with Gasteiger partial charge in [-0.15, -0.1) is 0 Å². The molecule has 0 radical (unpaired) electrons. The predicted octanol–water partition coefficient (Wildman–Crippen LogP) is 20.6. The number of fused-ring (bicyclic) bond motifs is 47. The van der Waals surface area contributed by atoms with Crippen molar-refractivity contribution in [1.29, 1.82) is 0 Å². The van der Waals surface area contributed by atoms with Crippen LogP contribution in [0.1, 0.15) is 285 Å². The van der Waals surface area contributed by atoms with Crippen molar-refractivity contribution in [2.24, 2.45) is 314 Å². The first-order valence-electron chi connectivity index (χ1n) is 54.3. The summed E-state index contributed by atoms with van der Waals surface area (Å²) < 4.78 is 39.2. The molecule has 2 saturated heterocycles. The molecule has 26 bridgehead atoms. The number of esters is 6. The number of hydrogen-bond acceptors (Lipinski definition) is 15. The zero-order valence-corrected chi connectivity index (χ0v) is 80.6. The zero-order chi connectivity index (χ0) is 87.8. The summed E-state index contributed by atoms with van der Waals surface area (Å²) in [6.07, 6.45) is 30.5. The highest BCUT2D eigenvalue weighted by Crippen LogP contribution is 2.78. The van der Waals surface area contributed by atoms with Crippen LogP contribution in [0.5, 0.6) is 0 Å². The second-order valence-corrected chi connectivity index (χ2v) is 52.9. The maximum Gasteiger partial charge on any atom is 0.347 e. The van der Waals surface area contributed by atoms with E-state index in [2.05, 4.69) is 90.0 Å². The molecular formula is C111H168O15. The van der Waals surface area contributed by atoms with Crippen LogP contribution < -0.4 is 0 Å². The van der Waals surface area contributed by atoms with Gasteiger partial charge in [0.25, 0.3) is 0 Å². The molecule has 15 nitrogen and oxygen atoms in total. The van der Waals surface area contributed by atoms with Gasteiger partial charge in [0.2, 0.25) is 12.4 Å². The van der Waals surface area contributed by atoms with Gasteiger partial charge in [-0.25, -0.2) is 4.79 Å². The molecule has 15 heteroatoms. The van der Waals surface area contributed by atoms with E-state index < -0.39 is 12.2 Å². The molecule has 126 heavy (non-hydrogen) atoms. The minimum absolute atomic E-state index is 0.0384. The molecule has 53 atom stereocenters. The molecule has 2 heterocycles. The van der Waals surface area contributed by atoms with E-state index in [1.54, 1.807) is 6.92 Å². The molecule has 0 aromatic heterocycles. The third kappa shape index (κ3) is 13.8. The van der Waals surface area contributed by atoms with Crippen LogP contribution in [0, 0.1) is 314 Å². The Morgan fingerprint density at radius 3 is 1.10 bits per heavy atom. The highest BCUT2D eigenvalue weighted by Gasteiger charge is 2.73. The topological polar surface area (TPSA) is 207 Å². The van der Waals surface area contributed by atoms with Crippen LogP contribution in [0.4, 0.5) is 0 Å². The molecule has 26 aliphatic carbocycles. The van der Waals surface area contributed by atoms with Crippen molar-refractivity contribution in [1.82, 2.24) is 0 Å². The van der Waals surface area contributed by atoms with Gasteiger partial charge in [-0.1, -0.05) is 83.1 Å². The lowest BCUT2D eigenvalue weighted by Crippen LogP contribution is -2.58. The molecule has 28 fully saturated rings. The fraction of sp³-hybridized carbons (Fsp3) is 0.946. The monoisotopic (exact) mass is 1740 g/mol. The molecule has 2 aliphatic heterocycles. The van der Waals surface area contributed by atoms with E-state index in [1.807, 2.05) is 20.8 Å². The summed E-state index contributed by atoms with van der Waals surface area (Å²) in [7, 11) is 0. The second kappa shape index (κ2) is 32.5. The van der Waals surface area contributed by atoms with Crippen LogP contribution in [0.3, 0.4) is 0 Å². The summed E-state index contributed by atoms with van der Waals surface area (Å²) in [4.78, 5) is 74.9. The molecule has 26 saturated carbocycles. The van der Waals surface area contributed by atoms with Gasteiger partial charge in [0.05, 0.1) is 55.0 Å². The largest absolute Gasteiger partial charge is 0.463 e. The average Bonchev–Trinajstić information content (AvgIpc) is 1.54. The highest BCUT2D eigenvalue weighted by atomic mass is 16.7. The van der Waals surface area contributed by atoms with Crippen LogP contribution in [0.25, 0.3) is 0 Å². The summed E-state index contributed by atoms with van der Waals surface area (Å²) in [5, 5.41) is 19.1. The molecule has 0 spiro atoms. The third-order valence-electron chi connectivity index (χ3n) is 48.1. The summed E-state index contributed by atoms with van der Waals surface area (Å²) in [6.45, 7) is 40.4. The molecule has 28 aliphatic rings. The number of carbonyl (C=O) groups is 6. The van der Waals surface area contributed by atoms with Crippen LogP contribution in [-0.4, -0.2) is 102 Å². The van der Waals surface area contributed by atoms with E-state index in [9.17, 15) is 33.9 Å². The van der Waals surface area contributed by atoms with Gasteiger partial charge >= 0.3 is 35.8 Å². The molecule has 53 unspecified atom stereocenters. The minimum Gasteiger partial charge on any atom is -0.463 e. The Bertz CT molecular complexity index is 4070. The maximum absolute atomic E-state index is 13.6. The standard InChI is InChI=1S/C26H38O2.C20H30O3.C19H26O4.C19H30O2.C14H22O.C13H22O3/c1-12-13(2)20-11-19(12)23-16-9-21(24(20)23)22(10-16)25(27)28-26(3)17-5-14-4-15(7-17)8-18(26)6-14;1-10-11(2)14-9-13(10)18-12-7-15(19(14)18)16(8-12)20(21)23-17-5-3-4-6-22-17;1-8-9(2)12-7-11(8)16-10-5-13(17(12)16)14(6-10)18(20)23-15-3-4-22-19(15)21;1-9-10(2)13-8-12(9)16-11-6-14(17(13)16)15(7-11)18(20)21-19(3,4)5;1-6-7(2)10-5-9(6)13-8-3-11(14(10)13)12(15)4-8;1-7(14)6-16-13(15)12-5-10-4-11(12)9(3)8(10)2/h12-24H,4-11H2,1-3H3;10-19H,3-9H2,1-2H3;8-17H,3-7H2,1-2H3;9-17H,6-8H2,1-5H3;6-15H,3-5H2,1-2H3;7-12,14H,4-6H2,1-3H3. The van der Waals surface area contributed by atoms with E-state index >= 15 is 0 Å². The van der Waals surface area contributed by atoms with Gasteiger partial charge < -0.3 is 43.4 Å². The number of cyclic esters (lactones) is 1. The Morgan fingerprint density at radius 1 is 0.373 bits per heavy atom. The Balaban J connectivity index is 0.0000000905. The normalized spacial score (nSPS) is 57.9. The van der Waals surface area contributed by atoms with Crippen LogP contribution in [-0.2, 0) is 61.9 Å². The molecular weight excluding hydrogens is 1570 g/mol. The lowest BCUT2D eigenvalue weighted by atomic mass is 9.50. The van der Waals surface area contributed by atoms with Crippen LogP contribution >= 0.6 is 0 Å². The maximum atomic E-state index is 13.6. The number of rotatable bonds is 10. The van der Waals surface area contributed by atoms with Crippen molar-refractivity contribution in [2.45, 2.75) is 320 Å². The van der Waals surface area contributed by atoms with Crippen molar-refractivity contribution >= 4 is 35.8 Å². The Labute approximate surface area is 757 Å². The summed E-state index contributed by atoms with van der Waals surface area (Å²) in [5.41, 5.74) is -0.475. The molecule has 0 aromatic rings. The zero-order valence-electron chi connectivity index (χ0n) is 80.6. The van der Waals surface area contributed by atoms with Gasteiger partial charge in [-0.3, -0.25) is 24.0 Å². The van der Waals surface area contributed by atoms with E-state index in [0.29, 0.717) is 72.2 Å². The molecule has 702 valence electrons. The van der Waals surface area contributed by atoms with E-state index in [0.717, 1.165) is 289 Å². The second-order valence-electron chi connectivity index (χ2n) is 52.9. The molecule has 2 N–H and O–H groups in total. The first kappa shape index (κ1) is 88.0. The molecule has 0 aromatic carbocycles. The smallest absolute Gasteiger partial charge is 0.347 e. The van der Waals surface area contributed by atoms with E-state index in [4.69, 9.17) is 38.3 Å². The van der Waals surface area contributed by atoms with Gasteiger partial charge in [0, 0.05) is 12.8 Å². The van der Waals surface area contributed by atoms with Gasteiger partial charge in [0.1, 0.15) is 17.8 Å². The first-order chi connectivity index (χ1) is 60.1. The van der Waals surface area contributed by atoms with Crippen molar-refractivity contribution in [3.05, 3.63) is 0 Å². The lowest BCUT2D eigenvalue weighted by molar-refractivity contribution is -0.209. The fourth-order valence-corrected chi connectivity index (χ4v) is 42.5. The minimum atomic E-state index is -0.642. The third-order valence-corrected chi connectivity index (χ3v) is 48.1. The van der Waals surface area contributed by atoms with Gasteiger partial charge in [-0.2, -0.15) is 0 Å². The predicted molar refractivity (Wildman–Crippen MR) is 479 cm³/mol. The number of ether oxygens (including phenoxy) is 7. The van der Waals surface area contributed by atoms with Crippen molar-refractivity contribution in [3.8, 4) is 0 Å². The van der Waals surface area contributed by atoms with Gasteiger partial charge in [-0.05, 0) is 473 Å². The quantitative estimate of drug-likeness (QED) is 0.118. The summed E-state index contributed by atoms with van der Waals surface area (Å²) in [5.74, 6) is 40.8. The Kier molecular flexibility index (Phi) is 22.7. The number of carbonyl (C=O) groups excluding carboxylic acids is 6. The number of aliphatic hydroxyl groups excluding tert-OH is 2.